The van der Waals surface area contributed by atoms with Crippen molar-refractivity contribution in [3.8, 4) is 0 Å². The summed E-state index contributed by atoms with van der Waals surface area (Å²) in [6.07, 6.45) is -0.0781. The standard InChI is InChI=1S/C20H15F5O/c1-10-2-4-11(5-3-10)12-6-7-13-14-9-15(21)17(20(23,24)25)18(22)19(14)26-16(13)8-12/h4,6-10H,2-3,5H2,1H3. The van der Waals surface area contributed by atoms with Gasteiger partial charge in [-0.25, -0.2) is 8.78 Å². The molecule has 1 unspecified atom stereocenters. The van der Waals surface area contributed by atoms with Crippen molar-refractivity contribution in [3.63, 3.8) is 0 Å². The molecule has 0 radical (unpaired) electrons. The van der Waals surface area contributed by atoms with Crippen molar-refractivity contribution in [2.75, 3.05) is 0 Å². The maximum absolute atomic E-state index is 14.3. The fourth-order valence-electron chi connectivity index (χ4n) is 3.53. The molecule has 1 heterocycles. The van der Waals surface area contributed by atoms with E-state index in [1.165, 1.54) is 0 Å². The summed E-state index contributed by atoms with van der Waals surface area (Å²) >= 11 is 0. The van der Waals surface area contributed by atoms with E-state index in [4.69, 9.17) is 4.42 Å². The monoisotopic (exact) mass is 366 g/mol. The van der Waals surface area contributed by atoms with E-state index in [1.54, 1.807) is 12.1 Å². The highest BCUT2D eigenvalue weighted by Crippen LogP contribution is 2.41. The predicted octanol–water partition coefficient (Wildman–Crippen LogP) is 7.09. The molecule has 1 atom stereocenters. The summed E-state index contributed by atoms with van der Waals surface area (Å²) in [6.45, 7) is 2.17. The Morgan fingerprint density at radius 1 is 1.08 bits per heavy atom. The third-order valence-electron chi connectivity index (χ3n) is 4.98. The van der Waals surface area contributed by atoms with E-state index < -0.39 is 29.0 Å². The van der Waals surface area contributed by atoms with E-state index in [1.807, 2.05) is 6.07 Å². The number of fused-ring (bicyclic) bond motifs is 3. The van der Waals surface area contributed by atoms with Crippen molar-refractivity contribution in [2.24, 2.45) is 5.92 Å². The third-order valence-corrected chi connectivity index (χ3v) is 4.98. The van der Waals surface area contributed by atoms with Crippen LogP contribution in [0.4, 0.5) is 22.0 Å². The zero-order valence-corrected chi connectivity index (χ0v) is 13.9. The van der Waals surface area contributed by atoms with Gasteiger partial charge in [0, 0.05) is 10.8 Å². The van der Waals surface area contributed by atoms with Crippen LogP contribution >= 0.6 is 0 Å². The van der Waals surface area contributed by atoms with Crippen molar-refractivity contribution >= 4 is 27.5 Å². The van der Waals surface area contributed by atoms with Gasteiger partial charge in [0.05, 0.1) is 0 Å². The van der Waals surface area contributed by atoms with Gasteiger partial charge < -0.3 is 4.42 Å². The molecule has 0 amide bonds. The van der Waals surface area contributed by atoms with Crippen LogP contribution in [0, 0.1) is 17.6 Å². The van der Waals surface area contributed by atoms with E-state index in [0.717, 1.165) is 30.4 Å². The molecule has 26 heavy (non-hydrogen) atoms. The Kier molecular flexibility index (Phi) is 3.82. The summed E-state index contributed by atoms with van der Waals surface area (Å²) in [5.41, 5.74) is -0.228. The Morgan fingerprint density at radius 2 is 1.85 bits per heavy atom. The fourth-order valence-corrected chi connectivity index (χ4v) is 3.53. The molecule has 0 N–H and O–H groups in total. The molecule has 2 aromatic carbocycles. The van der Waals surface area contributed by atoms with Crippen LogP contribution in [0.15, 0.2) is 34.8 Å². The third kappa shape index (κ3) is 2.68. The summed E-state index contributed by atoms with van der Waals surface area (Å²) in [5.74, 6) is -2.74. The Hall–Kier alpha value is -2.37. The van der Waals surface area contributed by atoms with Crippen molar-refractivity contribution in [1.82, 2.24) is 0 Å². The molecule has 1 aliphatic rings. The number of hydrogen-bond acceptors (Lipinski definition) is 1. The molecule has 136 valence electrons. The summed E-state index contributed by atoms with van der Waals surface area (Å²) in [4.78, 5) is 0. The van der Waals surface area contributed by atoms with Crippen LogP contribution in [0.25, 0.3) is 27.5 Å². The predicted molar refractivity (Wildman–Crippen MR) is 89.6 cm³/mol. The molecule has 1 aliphatic carbocycles. The van der Waals surface area contributed by atoms with Crippen molar-refractivity contribution < 1.29 is 26.4 Å². The van der Waals surface area contributed by atoms with Gasteiger partial charge in [-0.3, -0.25) is 0 Å². The highest BCUT2D eigenvalue weighted by molar-refractivity contribution is 6.06. The molecular weight excluding hydrogens is 351 g/mol. The largest absolute Gasteiger partial charge is 0.453 e. The summed E-state index contributed by atoms with van der Waals surface area (Å²) < 4.78 is 72.2. The molecule has 0 saturated carbocycles. The van der Waals surface area contributed by atoms with Crippen LogP contribution < -0.4 is 0 Å². The Balaban J connectivity index is 1.90. The number of furan rings is 1. The molecule has 6 heteroatoms. The normalized spacial score (nSPS) is 18.5. The lowest BCUT2D eigenvalue weighted by atomic mass is 9.87. The van der Waals surface area contributed by atoms with E-state index in [9.17, 15) is 22.0 Å². The minimum Gasteiger partial charge on any atom is -0.453 e. The van der Waals surface area contributed by atoms with Crippen LogP contribution in [-0.2, 0) is 6.18 Å². The number of halogens is 5. The SMILES string of the molecule is CC1CC=C(c2ccc3c(c2)oc2c(F)c(C(F)(F)F)c(F)cc23)CC1. The van der Waals surface area contributed by atoms with E-state index in [0.29, 0.717) is 17.4 Å². The molecule has 0 spiro atoms. The lowest BCUT2D eigenvalue weighted by molar-refractivity contribution is -0.142. The average Bonchev–Trinajstić information content (AvgIpc) is 2.92. The zero-order chi connectivity index (χ0) is 18.6. The molecule has 0 saturated heterocycles. The fraction of sp³-hybridized carbons (Fsp3) is 0.300. The molecular formula is C20H15F5O. The van der Waals surface area contributed by atoms with E-state index in [-0.39, 0.29) is 11.0 Å². The van der Waals surface area contributed by atoms with Gasteiger partial charge >= 0.3 is 6.18 Å². The van der Waals surface area contributed by atoms with Gasteiger partial charge in [-0.2, -0.15) is 13.2 Å². The molecule has 1 nitrogen and oxygen atoms in total. The van der Waals surface area contributed by atoms with Gasteiger partial charge in [0.15, 0.2) is 11.4 Å². The summed E-state index contributed by atoms with van der Waals surface area (Å²) in [6, 6.07) is 5.82. The first-order valence-corrected chi connectivity index (χ1v) is 8.36. The summed E-state index contributed by atoms with van der Waals surface area (Å²) in [5, 5.41) is 0.390. The topological polar surface area (TPSA) is 13.1 Å². The van der Waals surface area contributed by atoms with Gasteiger partial charge in [0.1, 0.15) is 17.0 Å². The quantitative estimate of drug-likeness (QED) is 0.419. The first-order chi connectivity index (χ1) is 12.3. The zero-order valence-electron chi connectivity index (χ0n) is 13.9. The van der Waals surface area contributed by atoms with Crippen LogP contribution in [0.3, 0.4) is 0 Å². The molecule has 4 rings (SSSR count). The highest BCUT2D eigenvalue weighted by Gasteiger charge is 2.39. The van der Waals surface area contributed by atoms with Gasteiger partial charge in [-0.15, -0.1) is 0 Å². The maximum Gasteiger partial charge on any atom is 0.422 e. The highest BCUT2D eigenvalue weighted by atomic mass is 19.4. The van der Waals surface area contributed by atoms with Crippen LogP contribution in [-0.4, -0.2) is 0 Å². The second-order valence-electron chi connectivity index (χ2n) is 6.84. The van der Waals surface area contributed by atoms with Crippen LogP contribution in [0.1, 0.15) is 37.3 Å². The Morgan fingerprint density at radius 3 is 2.50 bits per heavy atom. The molecule has 0 fully saturated rings. The van der Waals surface area contributed by atoms with E-state index >= 15 is 0 Å². The average molecular weight is 366 g/mol. The van der Waals surface area contributed by atoms with Crippen LogP contribution in [0.5, 0.6) is 0 Å². The minimum atomic E-state index is -5.13. The first kappa shape index (κ1) is 17.1. The number of alkyl halides is 3. The minimum absolute atomic E-state index is 0.000737. The van der Waals surface area contributed by atoms with Gasteiger partial charge in [-0.1, -0.05) is 19.1 Å². The lowest BCUT2D eigenvalue weighted by Crippen LogP contribution is -2.11. The lowest BCUT2D eigenvalue weighted by Gasteiger charge is -2.18. The van der Waals surface area contributed by atoms with E-state index in [2.05, 4.69) is 13.0 Å². The Labute approximate surface area is 146 Å². The number of benzene rings is 2. The maximum atomic E-state index is 14.3. The molecule has 0 bridgehead atoms. The molecule has 3 aromatic rings. The number of hydrogen-bond donors (Lipinski definition) is 0. The summed E-state index contributed by atoms with van der Waals surface area (Å²) in [7, 11) is 0. The molecule has 1 aromatic heterocycles. The van der Waals surface area contributed by atoms with Gasteiger partial charge in [0.25, 0.3) is 0 Å². The van der Waals surface area contributed by atoms with Crippen molar-refractivity contribution in [2.45, 2.75) is 32.4 Å². The van der Waals surface area contributed by atoms with Crippen molar-refractivity contribution in [3.05, 3.63) is 53.1 Å². The van der Waals surface area contributed by atoms with Gasteiger partial charge in [0.2, 0.25) is 0 Å². The first-order valence-electron chi connectivity index (χ1n) is 8.36. The Bertz CT molecular complexity index is 1040. The number of allylic oxidation sites excluding steroid dienone is 2. The molecule has 0 aliphatic heterocycles. The smallest absolute Gasteiger partial charge is 0.422 e. The second-order valence-corrected chi connectivity index (χ2v) is 6.84. The van der Waals surface area contributed by atoms with Crippen LogP contribution in [0.2, 0.25) is 0 Å². The number of rotatable bonds is 1. The van der Waals surface area contributed by atoms with Gasteiger partial charge in [-0.05, 0) is 54.5 Å². The van der Waals surface area contributed by atoms with Crippen molar-refractivity contribution in [1.29, 1.82) is 0 Å². The second kappa shape index (κ2) is 5.83.